The van der Waals surface area contributed by atoms with E-state index in [1.54, 1.807) is 12.4 Å². The van der Waals surface area contributed by atoms with Gasteiger partial charge in [0, 0.05) is 60.6 Å². The maximum absolute atomic E-state index is 6.32. The third kappa shape index (κ3) is 4.44. The van der Waals surface area contributed by atoms with Gasteiger partial charge in [-0.2, -0.15) is 0 Å². The summed E-state index contributed by atoms with van der Waals surface area (Å²) < 4.78 is 14.9. The molecule has 0 spiro atoms. The van der Waals surface area contributed by atoms with E-state index in [0.717, 1.165) is 82.5 Å². The Kier molecular flexibility index (Phi) is 6.21. The molecule has 0 N–H and O–H groups in total. The molecule has 5 aromatic heterocycles. The summed E-state index contributed by atoms with van der Waals surface area (Å²) >= 11 is 0. The van der Waals surface area contributed by atoms with Crippen LogP contribution in [0.3, 0.4) is 0 Å². The van der Waals surface area contributed by atoms with Gasteiger partial charge in [0.05, 0.1) is 22.9 Å². The summed E-state index contributed by atoms with van der Waals surface area (Å²) in [5, 5.41) is 8.57. The summed E-state index contributed by atoms with van der Waals surface area (Å²) in [6, 6.07) is 52.3. The molecular weight excluding hydrogens is 679 g/mol. The number of hydrogen-bond acceptors (Lipinski definition) is 6. The van der Waals surface area contributed by atoms with E-state index < -0.39 is 0 Å². The van der Waals surface area contributed by atoms with Gasteiger partial charge < -0.3 is 13.4 Å². The highest BCUT2D eigenvalue weighted by Gasteiger charge is 2.21. The van der Waals surface area contributed by atoms with Gasteiger partial charge in [-0.1, -0.05) is 97.1 Å². The topological polar surface area (TPSA) is 82.8 Å². The van der Waals surface area contributed by atoms with Crippen LogP contribution >= 0.6 is 0 Å². The predicted molar refractivity (Wildman–Crippen MR) is 220 cm³/mol. The fourth-order valence-corrected chi connectivity index (χ4v) is 8.33. The second-order valence-electron chi connectivity index (χ2n) is 13.8. The number of aromatic nitrogens is 5. The highest BCUT2D eigenvalue weighted by molar-refractivity contribution is 6.13. The number of nitrogens with zero attached hydrogens (tertiary/aromatic N) is 5. The van der Waals surface area contributed by atoms with Crippen molar-refractivity contribution in [3.8, 4) is 39.9 Å². The number of fused-ring (bicyclic) bond motifs is 10. The van der Waals surface area contributed by atoms with Crippen LogP contribution in [0.25, 0.3) is 116 Å². The van der Waals surface area contributed by atoms with Crippen molar-refractivity contribution in [3.05, 3.63) is 164 Å². The number of hydrogen-bond donors (Lipinski definition) is 0. The number of furan rings is 2. The Morgan fingerprint density at radius 3 is 1.85 bits per heavy atom. The zero-order valence-electron chi connectivity index (χ0n) is 29.1. The van der Waals surface area contributed by atoms with E-state index in [1.807, 2.05) is 48.5 Å². The van der Waals surface area contributed by atoms with Crippen LogP contribution in [-0.4, -0.2) is 24.5 Å². The zero-order chi connectivity index (χ0) is 36.0. The lowest BCUT2D eigenvalue weighted by atomic mass is 10.0. The first-order valence-corrected chi connectivity index (χ1v) is 18.2. The third-order valence-corrected chi connectivity index (χ3v) is 10.8. The fraction of sp³-hybridized carbons (Fsp3) is 0. The highest BCUT2D eigenvalue weighted by atomic mass is 16.3. The first-order valence-electron chi connectivity index (χ1n) is 18.2. The molecule has 7 aromatic carbocycles. The van der Waals surface area contributed by atoms with Crippen molar-refractivity contribution in [1.29, 1.82) is 0 Å². The van der Waals surface area contributed by atoms with Crippen LogP contribution in [0.4, 0.5) is 0 Å². The standard InChI is InChI=1S/C48H27N5O2/c1-2-11-30-29(10-1)35(22-23-40(30)53-38-16-6-3-12-31(38)32-13-4-7-17-39(32)53)47-50-46(28-20-21-34-33-14-5-8-18-41(33)54-43(34)26-28)51-48(52-47)37-15-9-19-42-45(37)36-24-25-49-27-44(36)55-42/h1-27H. The van der Waals surface area contributed by atoms with Gasteiger partial charge in [0.25, 0.3) is 0 Å². The largest absolute Gasteiger partial charge is 0.456 e. The smallest absolute Gasteiger partial charge is 0.164 e. The molecule has 0 radical (unpaired) electrons. The van der Waals surface area contributed by atoms with Gasteiger partial charge in [-0.15, -0.1) is 0 Å². The van der Waals surface area contributed by atoms with E-state index in [-0.39, 0.29) is 0 Å². The van der Waals surface area contributed by atoms with Gasteiger partial charge in [-0.05, 0) is 60.0 Å². The third-order valence-electron chi connectivity index (χ3n) is 10.8. The van der Waals surface area contributed by atoms with Gasteiger partial charge in [0.2, 0.25) is 0 Å². The lowest BCUT2D eigenvalue weighted by Crippen LogP contribution is -2.02. The van der Waals surface area contributed by atoms with E-state index in [4.69, 9.17) is 23.8 Å². The Balaban J connectivity index is 1.12. The summed E-state index contributed by atoms with van der Waals surface area (Å²) in [5.41, 5.74) is 9.06. The molecule has 0 aliphatic heterocycles. The lowest BCUT2D eigenvalue weighted by Gasteiger charge is -2.15. The SMILES string of the molecule is c1ccc2c(c1)oc1cc(-c3nc(-c4ccc(-n5c6ccccc6c6ccccc65)c5ccccc45)nc(-c4cccc5oc6cnccc6c45)n3)ccc12. The van der Waals surface area contributed by atoms with E-state index >= 15 is 0 Å². The van der Waals surface area contributed by atoms with Crippen LogP contribution in [0.15, 0.2) is 173 Å². The van der Waals surface area contributed by atoms with Gasteiger partial charge in [-0.25, -0.2) is 15.0 Å². The Hall–Kier alpha value is -7.64. The fourth-order valence-electron chi connectivity index (χ4n) is 8.33. The molecule has 7 nitrogen and oxygen atoms in total. The minimum absolute atomic E-state index is 0.546. The molecule has 256 valence electrons. The van der Waals surface area contributed by atoms with Crippen LogP contribution < -0.4 is 0 Å². The quantitative estimate of drug-likeness (QED) is 0.181. The highest BCUT2D eigenvalue weighted by Crippen LogP contribution is 2.40. The molecule has 0 aliphatic rings. The van der Waals surface area contributed by atoms with Gasteiger partial charge in [0.1, 0.15) is 16.7 Å². The molecule has 0 saturated heterocycles. The van der Waals surface area contributed by atoms with Gasteiger partial charge in [-0.3, -0.25) is 4.98 Å². The first-order chi connectivity index (χ1) is 27.3. The van der Waals surface area contributed by atoms with E-state index in [9.17, 15) is 0 Å². The molecule has 0 amide bonds. The predicted octanol–water partition coefficient (Wildman–Crippen LogP) is 12.3. The molecule has 0 bridgehead atoms. The molecular formula is C48H27N5O2. The molecule has 12 rings (SSSR count). The average molecular weight is 706 g/mol. The van der Waals surface area contributed by atoms with Crippen molar-refractivity contribution in [2.75, 3.05) is 0 Å². The molecule has 0 aliphatic carbocycles. The number of pyridine rings is 1. The summed E-state index contributed by atoms with van der Waals surface area (Å²) in [6.07, 6.45) is 3.53. The molecule has 0 unspecified atom stereocenters. The van der Waals surface area contributed by atoms with E-state index in [0.29, 0.717) is 23.1 Å². The van der Waals surface area contributed by atoms with Gasteiger partial charge >= 0.3 is 0 Å². The maximum Gasteiger partial charge on any atom is 0.164 e. The van der Waals surface area contributed by atoms with Crippen LogP contribution in [0.5, 0.6) is 0 Å². The van der Waals surface area contributed by atoms with E-state index in [1.165, 1.54) is 10.8 Å². The lowest BCUT2D eigenvalue weighted by molar-refractivity contribution is 0.667. The van der Waals surface area contributed by atoms with E-state index in [2.05, 4.69) is 113 Å². The number of para-hydroxylation sites is 3. The van der Waals surface area contributed by atoms with Crippen LogP contribution in [0.2, 0.25) is 0 Å². The van der Waals surface area contributed by atoms with Crippen molar-refractivity contribution in [2.24, 2.45) is 0 Å². The molecule has 0 fully saturated rings. The molecule has 5 heterocycles. The van der Waals surface area contributed by atoms with Gasteiger partial charge in [0.15, 0.2) is 23.1 Å². The van der Waals surface area contributed by atoms with Crippen LogP contribution in [0.1, 0.15) is 0 Å². The maximum atomic E-state index is 6.32. The van der Waals surface area contributed by atoms with Crippen molar-refractivity contribution in [1.82, 2.24) is 24.5 Å². The first kappa shape index (κ1) is 29.9. The van der Waals surface area contributed by atoms with Crippen molar-refractivity contribution in [3.63, 3.8) is 0 Å². The Morgan fingerprint density at radius 1 is 0.400 bits per heavy atom. The molecule has 7 heteroatoms. The summed E-state index contributed by atoms with van der Waals surface area (Å²) in [4.78, 5) is 20.0. The second-order valence-corrected chi connectivity index (χ2v) is 13.8. The Bertz CT molecular complexity index is 3470. The Labute approximate surface area is 312 Å². The minimum Gasteiger partial charge on any atom is -0.456 e. The van der Waals surface area contributed by atoms with Crippen molar-refractivity contribution >= 4 is 76.5 Å². The molecule has 0 atom stereocenters. The summed E-state index contributed by atoms with van der Waals surface area (Å²) in [5.74, 6) is 1.66. The van der Waals surface area contributed by atoms with Crippen LogP contribution in [-0.2, 0) is 0 Å². The normalized spacial score (nSPS) is 12.0. The minimum atomic E-state index is 0.546. The van der Waals surface area contributed by atoms with Crippen molar-refractivity contribution in [2.45, 2.75) is 0 Å². The molecule has 0 saturated carbocycles. The molecule has 55 heavy (non-hydrogen) atoms. The second kappa shape index (κ2) is 11.4. The van der Waals surface area contributed by atoms with Crippen LogP contribution in [0, 0.1) is 0 Å². The summed E-state index contributed by atoms with van der Waals surface area (Å²) in [6.45, 7) is 0. The zero-order valence-corrected chi connectivity index (χ0v) is 29.1. The average Bonchev–Trinajstić information content (AvgIpc) is 3.92. The Morgan fingerprint density at radius 2 is 1.04 bits per heavy atom. The monoisotopic (exact) mass is 705 g/mol. The summed E-state index contributed by atoms with van der Waals surface area (Å²) in [7, 11) is 0. The molecule has 12 aromatic rings. The number of rotatable bonds is 4. The van der Waals surface area contributed by atoms with Crippen molar-refractivity contribution < 1.29 is 8.83 Å². The number of benzene rings is 7.